The number of carbonyl (C=O) groups is 1. The summed E-state index contributed by atoms with van der Waals surface area (Å²) >= 11 is 8.20. The summed E-state index contributed by atoms with van der Waals surface area (Å²) in [6.07, 6.45) is 0. The standard InChI is InChI=1S/C9H6Br2N2O3S/c1-2-15-9(14)8-13-12-7(16-8)4-3-5(10)17-6(4)11/h3H,2H2,1H3. The van der Waals surface area contributed by atoms with E-state index in [1.54, 1.807) is 6.92 Å². The zero-order chi connectivity index (χ0) is 12.4. The summed E-state index contributed by atoms with van der Waals surface area (Å²) in [7, 11) is 0. The lowest BCUT2D eigenvalue weighted by molar-refractivity contribution is 0.0481. The molecule has 17 heavy (non-hydrogen) atoms. The van der Waals surface area contributed by atoms with Crippen molar-refractivity contribution in [1.29, 1.82) is 0 Å². The highest BCUT2D eigenvalue weighted by atomic mass is 79.9. The third-order valence-electron chi connectivity index (χ3n) is 1.76. The maximum Gasteiger partial charge on any atom is 0.396 e. The number of carbonyl (C=O) groups excluding carboxylic acids is 1. The van der Waals surface area contributed by atoms with E-state index >= 15 is 0 Å². The van der Waals surface area contributed by atoms with Gasteiger partial charge in [-0.25, -0.2) is 4.79 Å². The number of thiophene rings is 1. The minimum absolute atomic E-state index is 0.143. The summed E-state index contributed by atoms with van der Waals surface area (Å²) in [5.74, 6) is -0.477. The third kappa shape index (κ3) is 2.75. The Bertz CT molecular complexity index is 552. The van der Waals surface area contributed by atoms with E-state index in [0.717, 1.165) is 13.1 Å². The van der Waals surface area contributed by atoms with Gasteiger partial charge >= 0.3 is 11.9 Å². The van der Waals surface area contributed by atoms with Crippen molar-refractivity contribution in [1.82, 2.24) is 10.2 Å². The normalized spacial score (nSPS) is 10.5. The Morgan fingerprint density at radius 3 is 2.88 bits per heavy atom. The lowest BCUT2D eigenvalue weighted by atomic mass is 10.3. The highest BCUT2D eigenvalue weighted by Crippen LogP contribution is 2.37. The molecule has 0 saturated heterocycles. The van der Waals surface area contributed by atoms with Gasteiger partial charge in [0.2, 0.25) is 5.89 Å². The molecule has 5 nitrogen and oxygen atoms in total. The van der Waals surface area contributed by atoms with E-state index in [1.807, 2.05) is 6.07 Å². The van der Waals surface area contributed by atoms with Crippen LogP contribution in [0.3, 0.4) is 0 Å². The third-order valence-corrected chi connectivity index (χ3v) is 4.10. The Kier molecular flexibility index (Phi) is 3.95. The highest BCUT2D eigenvalue weighted by molar-refractivity contribution is 9.12. The van der Waals surface area contributed by atoms with Crippen molar-refractivity contribution in [3.8, 4) is 11.5 Å². The summed E-state index contributed by atoms with van der Waals surface area (Å²) in [4.78, 5) is 11.3. The molecule has 0 saturated carbocycles. The number of hydrogen-bond donors (Lipinski definition) is 0. The van der Waals surface area contributed by atoms with Crippen molar-refractivity contribution >= 4 is 49.2 Å². The minimum atomic E-state index is -0.614. The van der Waals surface area contributed by atoms with Crippen molar-refractivity contribution in [2.75, 3.05) is 6.61 Å². The van der Waals surface area contributed by atoms with Crippen LogP contribution in [-0.2, 0) is 4.74 Å². The SMILES string of the molecule is CCOC(=O)c1nnc(-c2cc(Br)sc2Br)o1. The maximum absolute atomic E-state index is 11.3. The Hall–Kier alpha value is -0.730. The van der Waals surface area contributed by atoms with Gasteiger partial charge in [0.25, 0.3) is 0 Å². The Labute approximate surface area is 117 Å². The zero-order valence-corrected chi connectivity index (χ0v) is 12.6. The molecule has 0 amide bonds. The summed E-state index contributed by atoms with van der Waals surface area (Å²) in [6.45, 7) is 1.98. The molecule has 0 unspecified atom stereocenters. The molecule has 90 valence electrons. The van der Waals surface area contributed by atoms with Gasteiger partial charge in [-0.05, 0) is 44.8 Å². The van der Waals surface area contributed by atoms with E-state index in [2.05, 4.69) is 42.1 Å². The van der Waals surface area contributed by atoms with Crippen LogP contribution in [0.2, 0.25) is 0 Å². The average Bonchev–Trinajstić information content (AvgIpc) is 2.85. The van der Waals surface area contributed by atoms with Gasteiger partial charge in [-0.2, -0.15) is 0 Å². The second-order valence-corrected chi connectivity index (χ2v) is 6.62. The Morgan fingerprint density at radius 2 is 2.29 bits per heavy atom. The van der Waals surface area contributed by atoms with Gasteiger partial charge < -0.3 is 9.15 Å². The van der Waals surface area contributed by atoms with E-state index in [0.29, 0.717) is 0 Å². The van der Waals surface area contributed by atoms with Crippen LogP contribution in [0.25, 0.3) is 11.5 Å². The Morgan fingerprint density at radius 1 is 1.53 bits per heavy atom. The summed E-state index contributed by atoms with van der Waals surface area (Å²) in [5.41, 5.74) is 0.741. The second kappa shape index (κ2) is 5.28. The van der Waals surface area contributed by atoms with Gasteiger partial charge in [0.1, 0.15) is 0 Å². The van der Waals surface area contributed by atoms with E-state index in [9.17, 15) is 4.79 Å². The van der Waals surface area contributed by atoms with Gasteiger partial charge in [0, 0.05) is 0 Å². The molecule has 0 radical (unpaired) electrons. The molecule has 0 bridgehead atoms. The van der Waals surface area contributed by atoms with Crippen LogP contribution >= 0.6 is 43.2 Å². The molecule has 0 atom stereocenters. The van der Waals surface area contributed by atoms with E-state index in [4.69, 9.17) is 9.15 Å². The van der Waals surface area contributed by atoms with E-state index < -0.39 is 5.97 Å². The molecule has 8 heteroatoms. The molecule has 2 aromatic heterocycles. The number of nitrogens with zero attached hydrogens (tertiary/aromatic N) is 2. The lowest BCUT2D eigenvalue weighted by Crippen LogP contribution is -2.04. The predicted octanol–water partition coefficient (Wildman–Crippen LogP) is 3.50. The molecule has 0 aliphatic carbocycles. The first-order valence-electron chi connectivity index (χ1n) is 4.57. The smallest absolute Gasteiger partial charge is 0.396 e. The molecule has 0 N–H and O–H groups in total. The fourth-order valence-electron chi connectivity index (χ4n) is 1.09. The first-order valence-corrected chi connectivity index (χ1v) is 6.98. The highest BCUT2D eigenvalue weighted by Gasteiger charge is 2.19. The summed E-state index contributed by atoms with van der Waals surface area (Å²) < 4.78 is 11.8. The van der Waals surface area contributed by atoms with Crippen LogP contribution in [0, 0.1) is 0 Å². The van der Waals surface area contributed by atoms with Gasteiger partial charge in [-0.3, -0.25) is 0 Å². The molecule has 0 aliphatic heterocycles. The number of ether oxygens (including phenoxy) is 1. The molecule has 0 spiro atoms. The van der Waals surface area contributed by atoms with Crippen LogP contribution in [0.1, 0.15) is 17.6 Å². The van der Waals surface area contributed by atoms with Crippen molar-refractivity contribution in [3.05, 3.63) is 19.5 Å². The molecule has 0 aromatic carbocycles. The first kappa shape index (κ1) is 12.7. The maximum atomic E-state index is 11.3. The largest absolute Gasteiger partial charge is 0.459 e. The van der Waals surface area contributed by atoms with Crippen LogP contribution < -0.4 is 0 Å². The molecule has 2 heterocycles. The van der Waals surface area contributed by atoms with Crippen LogP contribution in [-0.4, -0.2) is 22.8 Å². The number of hydrogen-bond acceptors (Lipinski definition) is 6. The minimum Gasteiger partial charge on any atom is -0.459 e. The second-order valence-electron chi connectivity index (χ2n) is 2.87. The number of esters is 1. The molecular weight excluding hydrogens is 376 g/mol. The molecular formula is C9H6Br2N2O3S. The fourth-order valence-corrected chi connectivity index (χ4v) is 3.87. The fraction of sp³-hybridized carbons (Fsp3) is 0.222. The molecule has 2 aromatic rings. The predicted molar refractivity (Wildman–Crippen MR) is 69.0 cm³/mol. The summed E-state index contributed by atoms with van der Waals surface area (Å²) in [5, 5.41) is 7.44. The quantitative estimate of drug-likeness (QED) is 0.761. The average molecular weight is 382 g/mol. The van der Waals surface area contributed by atoms with Gasteiger partial charge in [0.15, 0.2) is 0 Å². The number of aromatic nitrogens is 2. The van der Waals surface area contributed by atoms with E-state index in [-0.39, 0.29) is 18.4 Å². The lowest BCUT2D eigenvalue weighted by Gasteiger charge is -1.94. The Balaban J connectivity index is 2.30. The van der Waals surface area contributed by atoms with Gasteiger partial charge in [-0.1, -0.05) is 0 Å². The monoisotopic (exact) mass is 380 g/mol. The molecule has 0 aliphatic rings. The summed E-state index contributed by atoms with van der Waals surface area (Å²) in [6, 6.07) is 1.83. The van der Waals surface area contributed by atoms with Crippen molar-refractivity contribution in [2.45, 2.75) is 6.92 Å². The van der Waals surface area contributed by atoms with Crippen molar-refractivity contribution in [3.63, 3.8) is 0 Å². The molecule has 2 rings (SSSR count). The van der Waals surface area contributed by atoms with Crippen LogP contribution in [0.4, 0.5) is 0 Å². The molecule has 0 fully saturated rings. The van der Waals surface area contributed by atoms with Crippen molar-refractivity contribution in [2.24, 2.45) is 0 Å². The van der Waals surface area contributed by atoms with Crippen molar-refractivity contribution < 1.29 is 13.9 Å². The number of halogens is 2. The first-order chi connectivity index (χ1) is 8.11. The number of rotatable bonds is 3. The van der Waals surface area contributed by atoms with Gasteiger partial charge in [0.05, 0.1) is 19.7 Å². The van der Waals surface area contributed by atoms with Gasteiger partial charge in [-0.15, -0.1) is 21.5 Å². The van der Waals surface area contributed by atoms with Crippen LogP contribution in [0.5, 0.6) is 0 Å². The van der Waals surface area contributed by atoms with Crippen LogP contribution in [0.15, 0.2) is 18.1 Å². The van der Waals surface area contributed by atoms with E-state index in [1.165, 1.54) is 11.3 Å². The topological polar surface area (TPSA) is 65.2 Å². The zero-order valence-electron chi connectivity index (χ0n) is 8.57.